The maximum atomic E-state index is 12.1. The van der Waals surface area contributed by atoms with Gasteiger partial charge in [-0.2, -0.15) is 12.6 Å². The largest absolute Gasteiger partial charge is 0.344 e. The molecule has 6 nitrogen and oxygen atoms in total. The second kappa shape index (κ2) is 6.44. The van der Waals surface area contributed by atoms with Crippen LogP contribution in [0.15, 0.2) is 12.4 Å². The van der Waals surface area contributed by atoms with Crippen molar-refractivity contribution in [2.75, 3.05) is 12.8 Å². The van der Waals surface area contributed by atoms with E-state index in [0.717, 1.165) is 5.82 Å². The van der Waals surface area contributed by atoms with E-state index in [2.05, 4.69) is 22.9 Å². The molecule has 1 aromatic rings. The molecule has 0 aliphatic heterocycles. The molecule has 0 aliphatic rings. The number of carbonyl (C=O) groups excluding carboxylic acids is 2. The van der Waals surface area contributed by atoms with E-state index in [-0.39, 0.29) is 17.6 Å². The van der Waals surface area contributed by atoms with Gasteiger partial charge < -0.3 is 14.8 Å². The smallest absolute Gasteiger partial charge is 0.246 e. The Morgan fingerprint density at radius 3 is 2.72 bits per heavy atom. The molecular weight excluding hydrogens is 252 g/mol. The van der Waals surface area contributed by atoms with Gasteiger partial charge in [-0.15, -0.1) is 0 Å². The Hall–Kier alpha value is -1.50. The van der Waals surface area contributed by atoms with Crippen molar-refractivity contribution in [2.45, 2.75) is 19.5 Å². The Bertz CT molecular complexity index is 432. The third-order valence-corrected chi connectivity index (χ3v) is 2.90. The highest BCUT2D eigenvalue weighted by atomic mass is 32.1. The molecule has 0 aliphatic carbocycles. The Balaban J connectivity index is 2.65. The third kappa shape index (κ3) is 3.76. The molecule has 1 rings (SSSR count). The summed E-state index contributed by atoms with van der Waals surface area (Å²) < 4.78 is 1.85. The summed E-state index contributed by atoms with van der Waals surface area (Å²) in [5.74, 6) is 0.631. The minimum absolute atomic E-state index is 0.178. The summed E-state index contributed by atoms with van der Waals surface area (Å²) in [6.45, 7) is 1.77. The van der Waals surface area contributed by atoms with Crippen molar-refractivity contribution in [3.05, 3.63) is 18.2 Å². The lowest BCUT2D eigenvalue weighted by Crippen LogP contribution is -2.47. The van der Waals surface area contributed by atoms with Crippen LogP contribution in [0, 0.1) is 0 Å². The molecule has 0 saturated carbocycles. The topological polar surface area (TPSA) is 67.2 Å². The molecule has 0 bridgehead atoms. The molecule has 0 radical (unpaired) electrons. The lowest BCUT2D eigenvalue weighted by Gasteiger charge is -2.22. The van der Waals surface area contributed by atoms with Crippen molar-refractivity contribution in [2.24, 2.45) is 7.05 Å². The number of aryl methyl sites for hydroxylation is 1. The minimum atomic E-state index is -0.601. The lowest BCUT2D eigenvalue weighted by atomic mass is 10.3. The Morgan fingerprint density at radius 1 is 1.61 bits per heavy atom. The molecule has 7 heteroatoms. The fourth-order valence-electron chi connectivity index (χ4n) is 1.54. The van der Waals surface area contributed by atoms with Gasteiger partial charge in [0, 0.05) is 39.2 Å². The van der Waals surface area contributed by atoms with E-state index in [9.17, 15) is 9.59 Å². The van der Waals surface area contributed by atoms with Gasteiger partial charge in [0.25, 0.3) is 0 Å². The first-order chi connectivity index (χ1) is 8.45. The molecule has 2 amide bonds. The molecule has 1 aromatic heterocycles. The zero-order chi connectivity index (χ0) is 13.7. The van der Waals surface area contributed by atoms with E-state index in [0.29, 0.717) is 6.54 Å². The van der Waals surface area contributed by atoms with Crippen LogP contribution in [0.25, 0.3) is 0 Å². The predicted octanol–water partition coefficient (Wildman–Crippen LogP) is -0.187. The first-order valence-electron chi connectivity index (χ1n) is 5.54. The highest BCUT2D eigenvalue weighted by molar-refractivity contribution is 7.80. The molecule has 18 heavy (non-hydrogen) atoms. The number of thiol groups is 1. The van der Waals surface area contributed by atoms with Crippen molar-refractivity contribution in [3.8, 4) is 0 Å². The van der Waals surface area contributed by atoms with Gasteiger partial charge in [-0.1, -0.05) is 0 Å². The van der Waals surface area contributed by atoms with Crippen LogP contribution in [0.4, 0.5) is 0 Å². The van der Waals surface area contributed by atoms with Crippen molar-refractivity contribution in [1.82, 2.24) is 19.8 Å². The fraction of sp³-hybridized carbons (Fsp3) is 0.545. The Labute approximate surface area is 112 Å². The van der Waals surface area contributed by atoms with Gasteiger partial charge in [0.2, 0.25) is 11.8 Å². The highest BCUT2D eigenvalue weighted by Gasteiger charge is 2.22. The maximum absolute atomic E-state index is 12.1. The van der Waals surface area contributed by atoms with Crippen LogP contribution in [-0.2, 0) is 23.2 Å². The zero-order valence-corrected chi connectivity index (χ0v) is 11.6. The summed E-state index contributed by atoms with van der Waals surface area (Å²) in [6, 6.07) is -0.601. The summed E-state index contributed by atoms with van der Waals surface area (Å²) in [6.07, 6.45) is 3.50. The SMILES string of the molecule is CC(=O)NC(CS)C(=O)N(C)Cc1nccn1C. The second-order valence-electron chi connectivity index (χ2n) is 4.08. The summed E-state index contributed by atoms with van der Waals surface area (Å²) in [5.41, 5.74) is 0. The number of rotatable bonds is 5. The predicted molar refractivity (Wildman–Crippen MR) is 71.1 cm³/mol. The molecule has 0 spiro atoms. The normalized spacial score (nSPS) is 12.0. The Kier molecular flexibility index (Phi) is 5.21. The standard InChI is InChI=1S/C11H18N4O2S/c1-8(16)13-9(7-18)11(17)15(3)6-10-12-4-5-14(10)2/h4-5,9,18H,6-7H2,1-3H3,(H,13,16). The van der Waals surface area contributed by atoms with E-state index in [4.69, 9.17) is 0 Å². The molecule has 1 N–H and O–H groups in total. The molecule has 1 atom stereocenters. The van der Waals surface area contributed by atoms with Crippen LogP contribution < -0.4 is 5.32 Å². The van der Waals surface area contributed by atoms with Gasteiger partial charge in [-0.25, -0.2) is 4.98 Å². The molecule has 1 heterocycles. The van der Waals surface area contributed by atoms with E-state index in [1.807, 2.05) is 17.8 Å². The van der Waals surface area contributed by atoms with Gasteiger partial charge in [-0.3, -0.25) is 9.59 Å². The molecular formula is C11H18N4O2S. The van der Waals surface area contributed by atoms with Gasteiger partial charge in [0.05, 0.1) is 6.54 Å². The number of imidazole rings is 1. The van der Waals surface area contributed by atoms with Crippen molar-refractivity contribution >= 4 is 24.4 Å². The van der Waals surface area contributed by atoms with Crippen molar-refractivity contribution < 1.29 is 9.59 Å². The third-order valence-electron chi connectivity index (χ3n) is 2.53. The van der Waals surface area contributed by atoms with Gasteiger partial charge in [0.1, 0.15) is 11.9 Å². The zero-order valence-electron chi connectivity index (χ0n) is 10.8. The van der Waals surface area contributed by atoms with Crippen LogP contribution in [0.5, 0.6) is 0 Å². The second-order valence-corrected chi connectivity index (χ2v) is 4.45. The highest BCUT2D eigenvalue weighted by Crippen LogP contribution is 2.02. The van der Waals surface area contributed by atoms with Crippen LogP contribution in [0.2, 0.25) is 0 Å². The maximum Gasteiger partial charge on any atom is 0.246 e. The number of likely N-dealkylation sites (N-methyl/N-ethyl adjacent to an activating group) is 1. The van der Waals surface area contributed by atoms with Crippen LogP contribution in [0.1, 0.15) is 12.7 Å². The summed E-state index contributed by atoms with van der Waals surface area (Å²) >= 11 is 4.08. The lowest BCUT2D eigenvalue weighted by molar-refractivity contribution is -0.134. The van der Waals surface area contributed by atoms with Crippen molar-refractivity contribution in [3.63, 3.8) is 0 Å². The Morgan fingerprint density at radius 2 is 2.28 bits per heavy atom. The van der Waals surface area contributed by atoms with Crippen LogP contribution in [0.3, 0.4) is 0 Å². The molecule has 0 aromatic carbocycles. The number of carbonyl (C=O) groups is 2. The van der Waals surface area contributed by atoms with Crippen molar-refractivity contribution in [1.29, 1.82) is 0 Å². The van der Waals surface area contributed by atoms with E-state index in [1.165, 1.54) is 11.8 Å². The van der Waals surface area contributed by atoms with Gasteiger partial charge in [-0.05, 0) is 0 Å². The monoisotopic (exact) mass is 270 g/mol. The number of aromatic nitrogens is 2. The molecule has 1 unspecified atom stereocenters. The number of hydrogen-bond acceptors (Lipinski definition) is 4. The average molecular weight is 270 g/mol. The number of hydrogen-bond donors (Lipinski definition) is 2. The van der Waals surface area contributed by atoms with E-state index >= 15 is 0 Å². The summed E-state index contributed by atoms with van der Waals surface area (Å²) in [4.78, 5) is 28.7. The summed E-state index contributed by atoms with van der Waals surface area (Å²) in [5, 5.41) is 2.57. The number of nitrogens with zero attached hydrogens (tertiary/aromatic N) is 3. The first-order valence-corrected chi connectivity index (χ1v) is 6.18. The molecule has 0 fully saturated rings. The van der Waals surface area contributed by atoms with Gasteiger partial charge >= 0.3 is 0 Å². The first kappa shape index (κ1) is 14.6. The van der Waals surface area contributed by atoms with Gasteiger partial charge in [0.15, 0.2) is 0 Å². The fourth-order valence-corrected chi connectivity index (χ4v) is 1.78. The molecule has 100 valence electrons. The number of nitrogens with one attached hydrogen (secondary N) is 1. The van der Waals surface area contributed by atoms with Crippen LogP contribution in [-0.4, -0.2) is 45.1 Å². The van der Waals surface area contributed by atoms with E-state index in [1.54, 1.807) is 13.2 Å². The summed E-state index contributed by atoms with van der Waals surface area (Å²) in [7, 11) is 3.54. The average Bonchev–Trinajstić information content (AvgIpc) is 2.70. The quantitative estimate of drug-likeness (QED) is 0.729. The van der Waals surface area contributed by atoms with Crippen LogP contribution >= 0.6 is 12.6 Å². The molecule has 0 saturated heterocycles. The number of amides is 2. The minimum Gasteiger partial charge on any atom is -0.344 e. The van der Waals surface area contributed by atoms with E-state index < -0.39 is 6.04 Å².